The number of aliphatic carboxylic acids is 1. The SMILES string of the molecule is O=C(O)CNC1CCCC1C1CCCN1. The van der Waals surface area contributed by atoms with Crippen molar-refractivity contribution in [2.75, 3.05) is 13.1 Å². The van der Waals surface area contributed by atoms with Crippen LogP contribution in [0.4, 0.5) is 0 Å². The summed E-state index contributed by atoms with van der Waals surface area (Å²) in [6, 6.07) is 1.04. The van der Waals surface area contributed by atoms with Crippen LogP contribution in [0.15, 0.2) is 0 Å². The molecule has 0 spiro atoms. The molecule has 1 saturated carbocycles. The molecular formula is C11H20N2O2. The van der Waals surface area contributed by atoms with Gasteiger partial charge in [0, 0.05) is 12.1 Å². The molecule has 3 N–H and O–H groups in total. The third-order valence-corrected chi connectivity index (χ3v) is 3.70. The van der Waals surface area contributed by atoms with Crippen molar-refractivity contribution >= 4 is 5.97 Å². The summed E-state index contributed by atoms with van der Waals surface area (Å²) < 4.78 is 0. The first-order valence-electron chi connectivity index (χ1n) is 5.96. The molecule has 0 aromatic heterocycles. The maximum absolute atomic E-state index is 10.5. The summed E-state index contributed by atoms with van der Waals surface area (Å²) >= 11 is 0. The Morgan fingerprint density at radius 3 is 2.87 bits per heavy atom. The van der Waals surface area contributed by atoms with Gasteiger partial charge in [0.05, 0.1) is 6.54 Å². The molecule has 0 bridgehead atoms. The van der Waals surface area contributed by atoms with E-state index in [0.29, 0.717) is 18.0 Å². The van der Waals surface area contributed by atoms with Crippen LogP contribution in [0.3, 0.4) is 0 Å². The Morgan fingerprint density at radius 2 is 2.20 bits per heavy atom. The standard InChI is InChI=1S/C11H20N2O2/c14-11(15)7-13-10-4-1-3-8(10)9-5-2-6-12-9/h8-10,12-13H,1-7H2,(H,14,15). The van der Waals surface area contributed by atoms with Crippen molar-refractivity contribution < 1.29 is 9.90 Å². The van der Waals surface area contributed by atoms with Crippen molar-refractivity contribution in [3.63, 3.8) is 0 Å². The molecular weight excluding hydrogens is 192 g/mol. The largest absolute Gasteiger partial charge is 0.480 e. The van der Waals surface area contributed by atoms with Gasteiger partial charge in [0.15, 0.2) is 0 Å². The Labute approximate surface area is 90.4 Å². The third-order valence-electron chi connectivity index (χ3n) is 3.70. The Hall–Kier alpha value is -0.610. The molecule has 4 heteroatoms. The van der Waals surface area contributed by atoms with E-state index in [2.05, 4.69) is 10.6 Å². The number of carbonyl (C=O) groups is 1. The van der Waals surface area contributed by atoms with Crippen LogP contribution in [-0.2, 0) is 4.79 Å². The van der Waals surface area contributed by atoms with Crippen molar-refractivity contribution in [2.24, 2.45) is 5.92 Å². The minimum atomic E-state index is -0.750. The van der Waals surface area contributed by atoms with E-state index in [1.165, 1.54) is 25.7 Å². The highest BCUT2D eigenvalue weighted by molar-refractivity contribution is 5.69. The monoisotopic (exact) mass is 212 g/mol. The van der Waals surface area contributed by atoms with Crippen LogP contribution in [0.5, 0.6) is 0 Å². The van der Waals surface area contributed by atoms with Crippen LogP contribution in [0.25, 0.3) is 0 Å². The number of hydrogen-bond donors (Lipinski definition) is 3. The van der Waals surface area contributed by atoms with Crippen molar-refractivity contribution in [1.82, 2.24) is 10.6 Å². The minimum absolute atomic E-state index is 0.105. The average Bonchev–Trinajstić information content (AvgIpc) is 2.85. The van der Waals surface area contributed by atoms with Gasteiger partial charge >= 0.3 is 5.97 Å². The lowest BCUT2D eigenvalue weighted by molar-refractivity contribution is -0.136. The summed E-state index contributed by atoms with van der Waals surface area (Å²) in [6.45, 7) is 1.24. The van der Waals surface area contributed by atoms with Crippen LogP contribution in [0.1, 0.15) is 32.1 Å². The minimum Gasteiger partial charge on any atom is -0.480 e. The topological polar surface area (TPSA) is 61.4 Å². The molecule has 4 nitrogen and oxygen atoms in total. The van der Waals surface area contributed by atoms with Crippen molar-refractivity contribution in [3.05, 3.63) is 0 Å². The summed E-state index contributed by atoms with van der Waals surface area (Å²) in [5, 5.41) is 15.3. The van der Waals surface area contributed by atoms with Crippen LogP contribution in [0, 0.1) is 5.92 Å². The first-order valence-corrected chi connectivity index (χ1v) is 5.96. The second-order valence-electron chi connectivity index (χ2n) is 4.68. The van der Waals surface area contributed by atoms with Gasteiger partial charge in [0.1, 0.15) is 0 Å². The zero-order valence-electron chi connectivity index (χ0n) is 9.04. The van der Waals surface area contributed by atoms with Gasteiger partial charge in [-0.1, -0.05) is 6.42 Å². The molecule has 1 aliphatic carbocycles. The second kappa shape index (κ2) is 4.94. The Kier molecular flexibility index (Phi) is 3.59. The van der Waals surface area contributed by atoms with Gasteiger partial charge in [-0.05, 0) is 38.1 Å². The van der Waals surface area contributed by atoms with E-state index in [9.17, 15) is 4.79 Å². The number of nitrogens with one attached hydrogen (secondary N) is 2. The predicted octanol–water partition coefficient (Wildman–Crippen LogP) is 0.581. The molecule has 86 valence electrons. The van der Waals surface area contributed by atoms with Gasteiger partial charge in [-0.2, -0.15) is 0 Å². The smallest absolute Gasteiger partial charge is 0.317 e. The van der Waals surface area contributed by atoms with Crippen LogP contribution < -0.4 is 10.6 Å². The molecule has 0 radical (unpaired) electrons. The number of carboxylic acids is 1. The molecule has 15 heavy (non-hydrogen) atoms. The summed E-state index contributed by atoms with van der Waals surface area (Å²) in [6.07, 6.45) is 6.15. The third kappa shape index (κ3) is 2.69. The first-order chi connectivity index (χ1) is 7.27. The highest BCUT2D eigenvalue weighted by atomic mass is 16.4. The van der Waals surface area contributed by atoms with E-state index in [4.69, 9.17) is 5.11 Å². The van der Waals surface area contributed by atoms with Gasteiger partial charge in [-0.15, -0.1) is 0 Å². The Bertz CT molecular complexity index is 227. The summed E-state index contributed by atoms with van der Waals surface area (Å²) in [7, 11) is 0. The maximum atomic E-state index is 10.5. The Balaban J connectivity index is 1.84. The molecule has 3 unspecified atom stereocenters. The lowest BCUT2D eigenvalue weighted by Gasteiger charge is -2.26. The number of rotatable bonds is 4. The summed E-state index contributed by atoms with van der Waals surface area (Å²) in [4.78, 5) is 10.5. The molecule has 1 aliphatic heterocycles. The van der Waals surface area contributed by atoms with E-state index in [1.807, 2.05) is 0 Å². The van der Waals surface area contributed by atoms with Crippen molar-refractivity contribution in [3.8, 4) is 0 Å². The molecule has 1 saturated heterocycles. The number of hydrogen-bond acceptors (Lipinski definition) is 3. The lowest BCUT2D eigenvalue weighted by Crippen LogP contribution is -2.43. The van der Waals surface area contributed by atoms with E-state index in [0.717, 1.165) is 13.0 Å². The molecule has 0 aromatic carbocycles. The zero-order valence-corrected chi connectivity index (χ0v) is 9.04. The summed E-state index contributed by atoms with van der Waals surface area (Å²) in [5.41, 5.74) is 0. The molecule has 2 rings (SSSR count). The normalized spacial score (nSPS) is 35.9. The predicted molar refractivity (Wildman–Crippen MR) is 57.8 cm³/mol. The molecule has 1 heterocycles. The van der Waals surface area contributed by atoms with E-state index in [1.54, 1.807) is 0 Å². The van der Waals surface area contributed by atoms with E-state index < -0.39 is 5.97 Å². The molecule has 0 amide bonds. The zero-order chi connectivity index (χ0) is 10.7. The average molecular weight is 212 g/mol. The Morgan fingerprint density at radius 1 is 1.33 bits per heavy atom. The van der Waals surface area contributed by atoms with Gasteiger partial charge < -0.3 is 15.7 Å². The highest BCUT2D eigenvalue weighted by Crippen LogP contribution is 2.31. The van der Waals surface area contributed by atoms with Crippen LogP contribution >= 0.6 is 0 Å². The quantitative estimate of drug-likeness (QED) is 0.638. The number of carboxylic acid groups (broad SMARTS) is 1. The lowest BCUT2D eigenvalue weighted by atomic mass is 9.93. The molecule has 2 aliphatic rings. The van der Waals surface area contributed by atoms with E-state index in [-0.39, 0.29) is 6.54 Å². The molecule has 2 fully saturated rings. The van der Waals surface area contributed by atoms with Crippen molar-refractivity contribution in [2.45, 2.75) is 44.2 Å². The van der Waals surface area contributed by atoms with Crippen LogP contribution in [0.2, 0.25) is 0 Å². The second-order valence-corrected chi connectivity index (χ2v) is 4.68. The van der Waals surface area contributed by atoms with E-state index >= 15 is 0 Å². The fraction of sp³-hybridized carbons (Fsp3) is 0.909. The van der Waals surface area contributed by atoms with Gasteiger partial charge in [0.25, 0.3) is 0 Å². The fourth-order valence-corrected chi connectivity index (χ4v) is 3.02. The maximum Gasteiger partial charge on any atom is 0.317 e. The summed E-state index contributed by atoms with van der Waals surface area (Å²) in [5.74, 6) is -0.105. The molecule has 3 atom stereocenters. The van der Waals surface area contributed by atoms with Gasteiger partial charge in [-0.3, -0.25) is 4.79 Å². The first kappa shape index (κ1) is 10.9. The van der Waals surface area contributed by atoms with Gasteiger partial charge in [0.2, 0.25) is 0 Å². The van der Waals surface area contributed by atoms with Crippen molar-refractivity contribution in [1.29, 1.82) is 0 Å². The molecule has 0 aromatic rings. The highest BCUT2D eigenvalue weighted by Gasteiger charge is 2.34. The van der Waals surface area contributed by atoms with Gasteiger partial charge in [-0.25, -0.2) is 0 Å². The fourth-order valence-electron chi connectivity index (χ4n) is 3.02. The van der Waals surface area contributed by atoms with Crippen LogP contribution in [-0.4, -0.2) is 36.2 Å².